The molecule has 0 fully saturated rings. The average molecular weight is 313 g/mol. The molecule has 118 valence electrons. The number of hydrogen-bond donors (Lipinski definition) is 1. The summed E-state index contributed by atoms with van der Waals surface area (Å²) in [6, 6.07) is 8.32. The van der Waals surface area contributed by atoms with E-state index in [1.54, 1.807) is 32.3 Å². The Balaban J connectivity index is 2.20. The van der Waals surface area contributed by atoms with Gasteiger partial charge in [0.15, 0.2) is 6.61 Å². The van der Waals surface area contributed by atoms with Gasteiger partial charge >= 0.3 is 5.97 Å². The highest BCUT2D eigenvalue weighted by molar-refractivity contribution is 5.91. The summed E-state index contributed by atoms with van der Waals surface area (Å²) >= 11 is 0. The third-order valence-corrected chi connectivity index (χ3v) is 3.08. The van der Waals surface area contributed by atoms with E-state index in [-0.39, 0.29) is 29.5 Å². The summed E-state index contributed by atoms with van der Waals surface area (Å²) in [6.45, 7) is -0.335. The topological polar surface area (TPSA) is 114 Å². The lowest BCUT2D eigenvalue weighted by Crippen LogP contribution is -2.27. The number of ether oxygens (including phenoxy) is 1. The number of likely N-dealkylation sites (N-methyl/N-ethyl adjacent to an activating group) is 1. The number of nitrogen functional groups attached to an aromatic ring is 1. The van der Waals surface area contributed by atoms with Crippen LogP contribution in [0.3, 0.4) is 0 Å². The molecule has 1 aromatic heterocycles. The largest absolute Gasteiger partial charge is 0.452 e. The van der Waals surface area contributed by atoms with Crippen molar-refractivity contribution in [3.63, 3.8) is 0 Å². The molecule has 1 aromatic carbocycles. The molecule has 2 N–H and O–H groups in total. The van der Waals surface area contributed by atoms with Gasteiger partial charge in [-0.05, 0) is 18.2 Å². The third-order valence-electron chi connectivity index (χ3n) is 3.08. The van der Waals surface area contributed by atoms with Crippen LogP contribution < -0.4 is 5.73 Å². The van der Waals surface area contributed by atoms with Crippen LogP contribution >= 0.6 is 0 Å². The molecule has 1 amide bonds. The number of benzene rings is 1. The molecule has 0 bridgehead atoms. The maximum absolute atomic E-state index is 12.0. The molecule has 0 atom stereocenters. The molecule has 0 aliphatic rings. The van der Waals surface area contributed by atoms with E-state index in [1.807, 2.05) is 6.07 Å². The number of aromatic nitrogens is 2. The molecule has 0 aliphatic heterocycles. The minimum atomic E-state index is -0.631. The Morgan fingerprint density at radius 3 is 2.78 bits per heavy atom. The zero-order valence-electron chi connectivity index (χ0n) is 12.7. The van der Waals surface area contributed by atoms with Crippen LogP contribution in [0.15, 0.2) is 30.5 Å². The number of rotatable bonds is 4. The van der Waals surface area contributed by atoms with E-state index in [4.69, 9.17) is 15.7 Å². The first-order chi connectivity index (χ1) is 10.9. The van der Waals surface area contributed by atoms with E-state index in [0.717, 1.165) is 0 Å². The van der Waals surface area contributed by atoms with Crippen LogP contribution in [0.1, 0.15) is 15.9 Å². The lowest BCUT2D eigenvalue weighted by atomic mass is 10.2. The number of carbonyl (C=O) groups is 2. The minimum Gasteiger partial charge on any atom is -0.452 e. The number of nitriles is 1. The molecule has 0 aliphatic carbocycles. The van der Waals surface area contributed by atoms with Crippen LogP contribution in [0.5, 0.6) is 0 Å². The molecular formula is C15H15N5O3. The van der Waals surface area contributed by atoms with Gasteiger partial charge in [-0.2, -0.15) is 10.4 Å². The number of anilines is 1. The Hall–Kier alpha value is -3.34. The molecule has 0 spiro atoms. The summed E-state index contributed by atoms with van der Waals surface area (Å²) in [5.74, 6) is -0.765. The molecule has 0 radical (unpaired) electrons. The highest BCUT2D eigenvalue weighted by atomic mass is 16.5. The predicted octanol–water partition coefficient (Wildman–Crippen LogP) is 0.571. The van der Waals surface area contributed by atoms with Crippen LogP contribution in [0, 0.1) is 11.3 Å². The monoisotopic (exact) mass is 313 g/mol. The van der Waals surface area contributed by atoms with Crippen LogP contribution in [-0.4, -0.2) is 47.3 Å². The van der Waals surface area contributed by atoms with Gasteiger partial charge in [-0.1, -0.05) is 6.07 Å². The Kier molecular flexibility index (Phi) is 4.61. The van der Waals surface area contributed by atoms with Crippen LogP contribution in [0.4, 0.5) is 5.82 Å². The number of hydrogen-bond acceptors (Lipinski definition) is 6. The molecule has 0 unspecified atom stereocenters. The van der Waals surface area contributed by atoms with Crippen molar-refractivity contribution < 1.29 is 14.3 Å². The van der Waals surface area contributed by atoms with Crippen molar-refractivity contribution in [3.05, 3.63) is 41.6 Å². The Bertz CT molecular complexity index is 789. The van der Waals surface area contributed by atoms with Gasteiger partial charge in [0.1, 0.15) is 17.5 Å². The van der Waals surface area contributed by atoms with Gasteiger partial charge in [0.2, 0.25) is 0 Å². The highest BCUT2D eigenvalue weighted by Gasteiger charge is 2.14. The van der Waals surface area contributed by atoms with Gasteiger partial charge in [0, 0.05) is 14.1 Å². The second kappa shape index (κ2) is 6.62. The van der Waals surface area contributed by atoms with Gasteiger partial charge in [-0.15, -0.1) is 0 Å². The van der Waals surface area contributed by atoms with Crippen molar-refractivity contribution in [1.82, 2.24) is 14.7 Å². The van der Waals surface area contributed by atoms with Crippen molar-refractivity contribution in [1.29, 1.82) is 5.26 Å². The van der Waals surface area contributed by atoms with Crippen LogP contribution in [0.25, 0.3) is 5.69 Å². The Morgan fingerprint density at radius 1 is 1.43 bits per heavy atom. The zero-order valence-corrected chi connectivity index (χ0v) is 12.7. The molecule has 8 nitrogen and oxygen atoms in total. The lowest BCUT2D eigenvalue weighted by Gasteiger charge is -2.11. The lowest BCUT2D eigenvalue weighted by molar-refractivity contribution is -0.131. The molecule has 2 aromatic rings. The standard InChI is InChI=1S/C15H15N5O3/c1-19(2)13(21)9-23-15(22)10-4-3-5-12(6-10)20-14(17)11(7-16)8-18-20/h3-6,8H,9,17H2,1-2H3. The normalized spacial score (nSPS) is 9.96. The number of amides is 1. The van der Waals surface area contributed by atoms with E-state index < -0.39 is 5.97 Å². The summed E-state index contributed by atoms with van der Waals surface area (Å²) in [6.07, 6.45) is 1.34. The molecule has 2 rings (SSSR count). The number of nitrogens with zero attached hydrogens (tertiary/aromatic N) is 4. The molecule has 0 saturated carbocycles. The fourth-order valence-corrected chi connectivity index (χ4v) is 1.75. The van der Waals surface area contributed by atoms with Crippen LogP contribution in [0.2, 0.25) is 0 Å². The molecular weight excluding hydrogens is 298 g/mol. The molecule has 23 heavy (non-hydrogen) atoms. The van der Waals surface area contributed by atoms with Gasteiger partial charge in [-0.25, -0.2) is 9.48 Å². The zero-order chi connectivity index (χ0) is 17.0. The molecule has 1 heterocycles. The minimum absolute atomic E-state index is 0.181. The average Bonchev–Trinajstić information content (AvgIpc) is 2.92. The number of nitrogens with two attached hydrogens (primary N) is 1. The first-order valence-corrected chi connectivity index (χ1v) is 6.65. The van der Waals surface area contributed by atoms with E-state index in [9.17, 15) is 9.59 Å². The SMILES string of the molecule is CN(C)C(=O)COC(=O)c1cccc(-n2ncc(C#N)c2N)c1. The number of esters is 1. The highest BCUT2D eigenvalue weighted by Crippen LogP contribution is 2.17. The Morgan fingerprint density at radius 2 is 2.17 bits per heavy atom. The van der Waals surface area contributed by atoms with Gasteiger partial charge in [0.25, 0.3) is 5.91 Å². The van der Waals surface area contributed by atoms with Gasteiger partial charge < -0.3 is 15.4 Å². The Labute approximate surface area is 132 Å². The quantitative estimate of drug-likeness (QED) is 0.825. The molecule has 8 heteroatoms. The summed E-state index contributed by atoms with van der Waals surface area (Å²) in [5, 5.41) is 12.9. The third kappa shape index (κ3) is 3.47. The van der Waals surface area contributed by atoms with E-state index in [2.05, 4.69) is 5.10 Å². The van der Waals surface area contributed by atoms with E-state index in [1.165, 1.54) is 21.8 Å². The summed E-state index contributed by atoms with van der Waals surface area (Å²) < 4.78 is 6.30. The van der Waals surface area contributed by atoms with Crippen molar-refractivity contribution in [2.24, 2.45) is 0 Å². The first-order valence-electron chi connectivity index (χ1n) is 6.65. The van der Waals surface area contributed by atoms with E-state index in [0.29, 0.717) is 5.69 Å². The van der Waals surface area contributed by atoms with Crippen molar-refractivity contribution >= 4 is 17.7 Å². The van der Waals surface area contributed by atoms with Gasteiger partial charge in [0.05, 0.1) is 17.4 Å². The summed E-state index contributed by atoms with van der Waals surface area (Å²) in [7, 11) is 3.15. The summed E-state index contributed by atoms with van der Waals surface area (Å²) in [5.41, 5.74) is 6.82. The molecule has 0 saturated heterocycles. The second-order valence-corrected chi connectivity index (χ2v) is 4.88. The summed E-state index contributed by atoms with van der Waals surface area (Å²) in [4.78, 5) is 24.8. The second-order valence-electron chi connectivity index (χ2n) is 4.88. The predicted molar refractivity (Wildman–Crippen MR) is 81.7 cm³/mol. The maximum Gasteiger partial charge on any atom is 0.338 e. The van der Waals surface area contributed by atoms with E-state index >= 15 is 0 Å². The fraction of sp³-hybridized carbons (Fsp3) is 0.200. The smallest absolute Gasteiger partial charge is 0.338 e. The maximum atomic E-state index is 12.0. The van der Waals surface area contributed by atoms with Crippen LogP contribution in [-0.2, 0) is 9.53 Å². The first kappa shape index (κ1) is 16.0. The van der Waals surface area contributed by atoms with Crippen molar-refractivity contribution in [2.45, 2.75) is 0 Å². The van der Waals surface area contributed by atoms with Crippen molar-refractivity contribution in [3.8, 4) is 11.8 Å². The van der Waals surface area contributed by atoms with Crippen molar-refractivity contribution in [2.75, 3.05) is 26.4 Å². The fourth-order valence-electron chi connectivity index (χ4n) is 1.75. The van der Waals surface area contributed by atoms with Gasteiger partial charge in [-0.3, -0.25) is 4.79 Å². The number of carbonyl (C=O) groups excluding carboxylic acids is 2.